The molecule has 0 atom stereocenters. The Morgan fingerprint density at radius 3 is 2.58 bits per heavy atom. The van der Waals surface area contributed by atoms with Crippen LogP contribution in [0.25, 0.3) is 16.9 Å². The van der Waals surface area contributed by atoms with Gasteiger partial charge >= 0.3 is 6.18 Å². The molecule has 2 aromatic heterocycles. The molecule has 2 N–H and O–H groups in total. The molecule has 0 aliphatic heterocycles. The molecule has 3 aromatic rings. The molecule has 0 bridgehead atoms. The molecule has 0 saturated heterocycles. The minimum absolute atomic E-state index is 0.00347. The van der Waals surface area contributed by atoms with E-state index in [2.05, 4.69) is 20.7 Å². The number of nitrogens with zero attached hydrogens (tertiary/aromatic N) is 3. The highest BCUT2D eigenvalue weighted by Gasteiger charge is 2.25. The summed E-state index contributed by atoms with van der Waals surface area (Å²) in [5.41, 5.74) is 4.17. The van der Waals surface area contributed by atoms with Gasteiger partial charge in [0.2, 0.25) is 0 Å². The van der Waals surface area contributed by atoms with Gasteiger partial charge in [-0.15, -0.1) is 0 Å². The highest BCUT2D eigenvalue weighted by Crippen LogP contribution is 2.25. The number of halogens is 4. The molecule has 0 radical (unpaired) electrons. The highest BCUT2D eigenvalue weighted by molar-refractivity contribution is 6.29. The minimum atomic E-state index is -4.01. The number of aromatic nitrogens is 3. The third kappa shape index (κ3) is 6.41. The lowest BCUT2D eigenvalue weighted by Crippen LogP contribution is -2.26. The van der Waals surface area contributed by atoms with Gasteiger partial charge in [-0.2, -0.15) is 18.3 Å². The minimum Gasteiger partial charge on any atom is -0.349 e. The van der Waals surface area contributed by atoms with Crippen LogP contribution >= 0.6 is 11.6 Å². The summed E-state index contributed by atoms with van der Waals surface area (Å²) in [5.74, 6) is -0.00383. The number of amides is 1. The van der Waals surface area contributed by atoms with Crippen LogP contribution in [0.3, 0.4) is 0 Å². The molecule has 4 rings (SSSR count). The molecule has 1 amide bonds. The second-order valence-corrected chi connectivity index (χ2v) is 7.70. The van der Waals surface area contributed by atoms with Gasteiger partial charge in [0.25, 0.3) is 5.91 Å². The van der Waals surface area contributed by atoms with Gasteiger partial charge in [-0.3, -0.25) is 4.79 Å². The van der Waals surface area contributed by atoms with Crippen LogP contribution in [0.2, 0.25) is 5.15 Å². The summed E-state index contributed by atoms with van der Waals surface area (Å²) in [6, 6.07) is 9.64. The van der Waals surface area contributed by atoms with Crippen molar-refractivity contribution >= 4 is 23.2 Å². The number of hydrogen-bond acceptors (Lipinski definition) is 4. The highest BCUT2D eigenvalue weighted by atomic mass is 35.5. The SMILES string of the molecule is CNCCC(F)(F)F.Cc1cc(-c2cnc3ccc(Cl)nn23)ccc1C(=O)NC1CC1. The Morgan fingerprint density at radius 1 is 1.26 bits per heavy atom. The van der Waals surface area contributed by atoms with Crippen LogP contribution in [-0.2, 0) is 0 Å². The molecule has 0 spiro atoms. The first kappa shape index (κ1) is 23.0. The fourth-order valence-electron chi connectivity index (χ4n) is 2.88. The van der Waals surface area contributed by atoms with Gasteiger partial charge in [0.15, 0.2) is 5.65 Å². The van der Waals surface area contributed by atoms with Crippen LogP contribution in [-0.4, -0.2) is 46.3 Å². The van der Waals surface area contributed by atoms with E-state index >= 15 is 0 Å². The summed E-state index contributed by atoms with van der Waals surface area (Å²) in [6.45, 7) is 1.94. The van der Waals surface area contributed by atoms with Crippen molar-refractivity contribution in [2.45, 2.75) is 38.4 Å². The monoisotopic (exact) mass is 453 g/mol. The lowest BCUT2D eigenvalue weighted by molar-refractivity contribution is -0.133. The summed E-state index contributed by atoms with van der Waals surface area (Å²) in [6.07, 6.45) is -0.835. The van der Waals surface area contributed by atoms with E-state index < -0.39 is 12.6 Å². The lowest BCUT2D eigenvalue weighted by atomic mass is 10.0. The molecule has 1 aliphatic carbocycles. The summed E-state index contributed by atoms with van der Waals surface area (Å²) in [5, 5.41) is 10.1. The van der Waals surface area contributed by atoms with Gasteiger partial charge in [-0.25, -0.2) is 9.50 Å². The molecular formula is C21H23ClF3N5O. The first-order chi connectivity index (χ1) is 14.7. The van der Waals surface area contributed by atoms with Crippen molar-refractivity contribution in [3.63, 3.8) is 0 Å². The van der Waals surface area contributed by atoms with Gasteiger partial charge < -0.3 is 10.6 Å². The van der Waals surface area contributed by atoms with Crippen LogP contribution in [0.5, 0.6) is 0 Å². The van der Waals surface area contributed by atoms with Gasteiger partial charge in [-0.1, -0.05) is 17.7 Å². The standard InChI is InChI=1S/C17H15ClN4O.C4H8F3N/c1-10-8-11(2-5-13(10)17(23)20-12-3-4-12)14-9-19-16-7-6-15(18)21-22(14)16;1-8-3-2-4(5,6)7/h2,5-9,12H,3-4H2,1H3,(H,20,23);8H,2-3H2,1H3. The molecule has 2 heterocycles. The van der Waals surface area contributed by atoms with Crippen LogP contribution in [0, 0.1) is 6.92 Å². The number of nitrogens with one attached hydrogen (secondary N) is 2. The number of carbonyl (C=O) groups is 1. The predicted octanol–water partition coefficient (Wildman–Crippen LogP) is 4.41. The summed E-state index contributed by atoms with van der Waals surface area (Å²) < 4.78 is 35.3. The molecule has 31 heavy (non-hydrogen) atoms. The number of alkyl halides is 3. The average molecular weight is 454 g/mol. The normalized spacial score (nSPS) is 13.6. The van der Waals surface area contributed by atoms with E-state index in [1.165, 1.54) is 7.05 Å². The van der Waals surface area contributed by atoms with Crippen molar-refractivity contribution in [1.82, 2.24) is 25.2 Å². The predicted molar refractivity (Wildman–Crippen MR) is 113 cm³/mol. The van der Waals surface area contributed by atoms with Gasteiger partial charge in [-0.05, 0) is 56.6 Å². The van der Waals surface area contributed by atoms with Crippen LogP contribution in [0.15, 0.2) is 36.5 Å². The number of fused-ring (bicyclic) bond motifs is 1. The van der Waals surface area contributed by atoms with E-state index in [0.717, 1.165) is 35.3 Å². The van der Waals surface area contributed by atoms with E-state index in [-0.39, 0.29) is 12.5 Å². The van der Waals surface area contributed by atoms with Gasteiger partial charge in [0, 0.05) is 23.7 Å². The van der Waals surface area contributed by atoms with Crippen molar-refractivity contribution in [2.24, 2.45) is 0 Å². The zero-order valence-corrected chi connectivity index (χ0v) is 17.9. The smallest absolute Gasteiger partial charge is 0.349 e. The van der Waals surface area contributed by atoms with E-state index in [9.17, 15) is 18.0 Å². The molecule has 1 saturated carbocycles. The van der Waals surface area contributed by atoms with E-state index in [1.54, 1.807) is 16.8 Å². The number of hydrogen-bond donors (Lipinski definition) is 2. The van der Waals surface area contributed by atoms with Crippen molar-refractivity contribution in [3.8, 4) is 11.3 Å². The van der Waals surface area contributed by atoms with E-state index in [0.29, 0.717) is 16.8 Å². The fourth-order valence-corrected chi connectivity index (χ4v) is 3.02. The van der Waals surface area contributed by atoms with Gasteiger partial charge in [0.05, 0.1) is 18.3 Å². The maximum Gasteiger partial charge on any atom is 0.390 e. The van der Waals surface area contributed by atoms with Crippen molar-refractivity contribution in [1.29, 1.82) is 0 Å². The third-order valence-electron chi connectivity index (χ3n) is 4.67. The molecule has 166 valence electrons. The molecule has 10 heteroatoms. The maximum absolute atomic E-state index is 12.2. The average Bonchev–Trinajstić information content (AvgIpc) is 3.42. The molecule has 6 nitrogen and oxygen atoms in total. The number of aryl methyl sites for hydroxylation is 1. The zero-order chi connectivity index (χ0) is 22.6. The number of imidazole rings is 1. The number of carbonyl (C=O) groups excluding carboxylic acids is 1. The summed E-state index contributed by atoms with van der Waals surface area (Å²) in [4.78, 5) is 16.5. The Kier molecular flexibility index (Phi) is 7.17. The first-order valence-corrected chi connectivity index (χ1v) is 10.2. The Labute approximate surface area is 182 Å². The molecule has 1 aromatic carbocycles. The van der Waals surface area contributed by atoms with Crippen LogP contribution in [0.4, 0.5) is 13.2 Å². The van der Waals surface area contributed by atoms with Crippen molar-refractivity contribution in [2.75, 3.05) is 13.6 Å². The molecular weight excluding hydrogens is 431 g/mol. The van der Waals surface area contributed by atoms with E-state index in [1.807, 2.05) is 31.2 Å². The Morgan fingerprint density at radius 2 is 2.00 bits per heavy atom. The topological polar surface area (TPSA) is 71.3 Å². The summed E-state index contributed by atoms with van der Waals surface area (Å²) in [7, 11) is 1.49. The fraction of sp³-hybridized carbons (Fsp3) is 0.381. The van der Waals surface area contributed by atoms with E-state index in [4.69, 9.17) is 11.6 Å². The maximum atomic E-state index is 12.2. The van der Waals surface area contributed by atoms with Gasteiger partial charge in [0.1, 0.15) is 5.15 Å². The second-order valence-electron chi connectivity index (χ2n) is 7.32. The number of benzene rings is 1. The lowest BCUT2D eigenvalue weighted by Gasteiger charge is -2.09. The molecule has 1 fully saturated rings. The van der Waals surface area contributed by atoms with Crippen LogP contribution in [0.1, 0.15) is 35.2 Å². The van der Waals surface area contributed by atoms with Crippen molar-refractivity contribution < 1.29 is 18.0 Å². The third-order valence-corrected chi connectivity index (χ3v) is 4.87. The second kappa shape index (κ2) is 9.65. The summed E-state index contributed by atoms with van der Waals surface area (Å²) >= 11 is 5.97. The first-order valence-electron chi connectivity index (χ1n) is 9.81. The molecule has 1 aliphatic rings. The quantitative estimate of drug-likeness (QED) is 0.600. The van der Waals surface area contributed by atoms with Crippen molar-refractivity contribution in [3.05, 3.63) is 52.8 Å². The number of rotatable bonds is 5. The Balaban J connectivity index is 0.000000293. The largest absolute Gasteiger partial charge is 0.390 e. The Bertz CT molecular complexity index is 1060. The van der Waals surface area contributed by atoms with Crippen LogP contribution < -0.4 is 10.6 Å². The Hall–Kier alpha value is -2.65. The molecule has 0 unspecified atom stereocenters. The zero-order valence-electron chi connectivity index (χ0n) is 17.1.